The number of anilines is 1. The molecule has 3 rings (SSSR count). The highest BCUT2D eigenvalue weighted by molar-refractivity contribution is 5.79. The molecule has 0 aliphatic carbocycles. The Morgan fingerprint density at radius 1 is 1.17 bits per heavy atom. The van der Waals surface area contributed by atoms with E-state index in [1.165, 1.54) is 5.56 Å². The van der Waals surface area contributed by atoms with Crippen molar-refractivity contribution in [1.82, 2.24) is 10.1 Å². The lowest BCUT2D eigenvalue weighted by molar-refractivity contribution is 0.425. The average molecular weight is 390 g/mol. The van der Waals surface area contributed by atoms with Crippen LogP contribution in [0, 0.1) is 5.92 Å². The smallest absolute Gasteiger partial charge is 0.170 e. The first kappa shape index (κ1) is 20.3. The molecule has 0 saturated carbocycles. The van der Waals surface area contributed by atoms with Gasteiger partial charge in [0.2, 0.25) is 0 Å². The van der Waals surface area contributed by atoms with Crippen molar-refractivity contribution in [2.24, 2.45) is 16.6 Å². The van der Waals surface area contributed by atoms with E-state index in [4.69, 9.17) is 16.0 Å². The predicted octanol–water partition coefficient (Wildman–Crippen LogP) is 4.02. The monoisotopic (exact) mass is 389 g/mol. The second-order valence-electron chi connectivity index (χ2n) is 7.42. The maximum Gasteiger partial charge on any atom is 0.170 e. The van der Waals surface area contributed by atoms with E-state index < -0.39 is 0 Å². The molecule has 6 heteroatoms. The van der Waals surface area contributed by atoms with Gasteiger partial charge in [-0.3, -0.25) is 4.99 Å². The van der Waals surface area contributed by atoms with Crippen molar-refractivity contribution in [3.63, 3.8) is 0 Å². The summed E-state index contributed by atoms with van der Waals surface area (Å²) in [5, 5.41) is 4.16. The Kier molecular flexibility index (Phi) is 6.79. The van der Waals surface area contributed by atoms with Gasteiger partial charge in [0, 0.05) is 37.9 Å². The summed E-state index contributed by atoms with van der Waals surface area (Å²) < 4.78 is 5.44. The summed E-state index contributed by atoms with van der Waals surface area (Å²) in [6.45, 7) is 5.09. The minimum atomic E-state index is 0.431. The number of benzene rings is 1. The summed E-state index contributed by atoms with van der Waals surface area (Å²) in [6, 6.07) is 14.0. The maximum atomic E-state index is 5.91. The van der Waals surface area contributed by atoms with Crippen LogP contribution in [0.15, 0.2) is 69.9 Å². The van der Waals surface area contributed by atoms with E-state index in [0.717, 1.165) is 35.4 Å². The van der Waals surface area contributed by atoms with Gasteiger partial charge in [-0.15, -0.1) is 0 Å². The Hall–Kier alpha value is -3.41. The molecule has 3 aromatic rings. The SMILES string of the molecule is CC(C)CN=CC(=CN)Cc1ccc(Cc2cc(-c3cccnc3N)on2)cc1. The molecule has 4 N–H and O–H groups in total. The van der Waals surface area contributed by atoms with Crippen LogP contribution in [0.5, 0.6) is 0 Å². The predicted molar refractivity (Wildman–Crippen MR) is 118 cm³/mol. The van der Waals surface area contributed by atoms with E-state index in [0.29, 0.717) is 23.9 Å². The Morgan fingerprint density at radius 2 is 1.93 bits per heavy atom. The zero-order valence-corrected chi connectivity index (χ0v) is 16.9. The van der Waals surface area contributed by atoms with E-state index in [2.05, 4.69) is 53.2 Å². The van der Waals surface area contributed by atoms with Crippen LogP contribution in [0.4, 0.5) is 5.82 Å². The van der Waals surface area contributed by atoms with Crippen LogP contribution in [0.3, 0.4) is 0 Å². The zero-order valence-electron chi connectivity index (χ0n) is 16.9. The van der Waals surface area contributed by atoms with Crippen LogP contribution in [-0.2, 0) is 12.8 Å². The summed E-state index contributed by atoms with van der Waals surface area (Å²) in [6.07, 6.45) is 6.58. The van der Waals surface area contributed by atoms with Crippen LogP contribution >= 0.6 is 0 Å². The summed E-state index contributed by atoms with van der Waals surface area (Å²) >= 11 is 0. The lowest BCUT2D eigenvalue weighted by atomic mass is 10.0. The van der Waals surface area contributed by atoms with Crippen molar-refractivity contribution in [3.8, 4) is 11.3 Å². The summed E-state index contributed by atoms with van der Waals surface area (Å²) in [5.74, 6) is 1.59. The van der Waals surface area contributed by atoms with Crippen molar-refractivity contribution >= 4 is 12.0 Å². The third-order valence-electron chi connectivity index (χ3n) is 4.42. The number of allylic oxidation sites excluding steroid dienone is 1. The van der Waals surface area contributed by atoms with Gasteiger partial charge in [0.25, 0.3) is 0 Å². The van der Waals surface area contributed by atoms with Crippen LogP contribution in [0.2, 0.25) is 0 Å². The highest BCUT2D eigenvalue weighted by atomic mass is 16.5. The van der Waals surface area contributed by atoms with Gasteiger partial charge in [-0.05, 0) is 41.0 Å². The zero-order chi connectivity index (χ0) is 20.6. The van der Waals surface area contributed by atoms with Crippen LogP contribution < -0.4 is 11.5 Å². The molecular formula is C23H27N5O. The molecule has 0 atom stereocenters. The minimum Gasteiger partial charge on any atom is -0.404 e. The van der Waals surface area contributed by atoms with Crippen molar-refractivity contribution in [2.75, 3.05) is 12.3 Å². The van der Waals surface area contributed by atoms with Crippen molar-refractivity contribution in [3.05, 3.63) is 77.3 Å². The molecule has 6 nitrogen and oxygen atoms in total. The number of aliphatic imine (C=N–C) groups is 1. The van der Waals surface area contributed by atoms with Gasteiger partial charge in [-0.25, -0.2) is 4.98 Å². The molecule has 0 aliphatic rings. The summed E-state index contributed by atoms with van der Waals surface area (Å²) in [4.78, 5) is 8.52. The highest BCUT2D eigenvalue weighted by Crippen LogP contribution is 2.25. The van der Waals surface area contributed by atoms with Crippen molar-refractivity contribution < 1.29 is 4.52 Å². The largest absolute Gasteiger partial charge is 0.404 e. The Balaban J connectivity index is 1.62. The number of nitrogen functional groups attached to an aromatic ring is 1. The van der Waals surface area contributed by atoms with Crippen LogP contribution in [-0.4, -0.2) is 22.9 Å². The van der Waals surface area contributed by atoms with E-state index in [9.17, 15) is 0 Å². The number of aromatic nitrogens is 2. The number of hydrogen-bond donors (Lipinski definition) is 2. The van der Waals surface area contributed by atoms with Gasteiger partial charge >= 0.3 is 0 Å². The quantitative estimate of drug-likeness (QED) is 0.566. The summed E-state index contributed by atoms with van der Waals surface area (Å²) in [5.41, 5.74) is 16.6. The molecule has 0 amide bonds. The molecule has 0 unspecified atom stereocenters. The lowest BCUT2D eigenvalue weighted by Gasteiger charge is -2.04. The summed E-state index contributed by atoms with van der Waals surface area (Å²) in [7, 11) is 0. The van der Waals surface area contributed by atoms with Gasteiger partial charge in [-0.2, -0.15) is 0 Å². The van der Waals surface area contributed by atoms with Crippen LogP contribution in [0.25, 0.3) is 11.3 Å². The molecule has 0 aliphatic heterocycles. The van der Waals surface area contributed by atoms with Crippen molar-refractivity contribution in [1.29, 1.82) is 0 Å². The van der Waals surface area contributed by atoms with E-state index in [1.807, 2.05) is 24.4 Å². The van der Waals surface area contributed by atoms with Gasteiger partial charge in [0.1, 0.15) is 5.82 Å². The Bertz CT molecular complexity index is 987. The number of nitrogens with zero attached hydrogens (tertiary/aromatic N) is 3. The third-order valence-corrected chi connectivity index (χ3v) is 4.42. The molecule has 2 aromatic heterocycles. The first-order valence-corrected chi connectivity index (χ1v) is 9.70. The second kappa shape index (κ2) is 9.68. The van der Waals surface area contributed by atoms with Gasteiger partial charge in [0.15, 0.2) is 5.76 Å². The first-order valence-electron chi connectivity index (χ1n) is 9.70. The molecule has 150 valence electrons. The fraction of sp³-hybridized carbons (Fsp3) is 0.261. The first-order chi connectivity index (χ1) is 14.0. The minimum absolute atomic E-state index is 0.431. The standard InChI is InChI=1S/C23H27N5O/c1-16(2)14-26-15-19(13-24)10-17-5-7-18(8-6-17)11-20-12-22(29-28-20)21-4-3-9-27-23(21)25/h3-9,12-13,15-16H,10-11,14,24H2,1-2H3,(H2,25,27). The van der Waals surface area contributed by atoms with Gasteiger partial charge < -0.3 is 16.0 Å². The molecular weight excluding hydrogens is 362 g/mol. The maximum absolute atomic E-state index is 5.91. The fourth-order valence-corrected chi connectivity index (χ4v) is 2.90. The number of rotatable bonds is 8. The average Bonchev–Trinajstić information content (AvgIpc) is 3.17. The van der Waals surface area contributed by atoms with Gasteiger partial charge in [0.05, 0.1) is 11.3 Å². The highest BCUT2D eigenvalue weighted by Gasteiger charge is 2.10. The molecule has 0 radical (unpaired) electrons. The molecule has 29 heavy (non-hydrogen) atoms. The van der Waals surface area contributed by atoms with Crippen molar-refractivity contribution in [2.45, 2.75) is 26.7 Å². The number of pyridine rings is 1. The normalized spacial score (nSPS) is 12.2. The molecule has 0 spiro atoms. The molecule has 2 heterocycles. The molecule has 0 bridgehead atoms. The molecule has 0 fully saturated rings. The second-order valence-corrected chi connectivity index (χ2v) is 7.42. The lowest BCUT2D eigenvalue weighted by Crippen LogP contribution is -1.99. The topological polar surface area (TPSA) is 103 Å². The van der Waals surface area contributed by atoms with Gasteiger partial charge in [-0.1, -0.05) is 43.3 Å². The Morgan fingerprint density at radius 3 is 2.62 bits per heavy atom. The molecule has 1 aromatic carbocycles. The fourth-order valence-electron chi connectivity index (χ4n) is 2.90. The third kappa shape index (κ3) is 5.78. The van der Waals surface area contributed by atoms with Crippen LogP contribution in [0.1, 0.15) is 30.7 Å². The number of hydrogen-bond acceptors (Lipinski definition) is 6. The van der Waals surface area contributed by atoms with E-state index >= 15 is 0 Å². The molecule has 0 saturated heterocycles. The number of nitrogens with two attached hydrogens (primary N) is 2. The Labute approximate surface area is 171 Å². The van der Waals surface area contributed by atoms with E-state index in [-0.39, 0.29) is 0 Å². The van der Waals surface area contributed by atoms with E-state index in [1.54, 1.807) is 12.4 Å².